The minimum Gasteiger partial charge on any atom is -0.497 e. The van der Waals surface area contributed by atoms with Gasteiger partial charge < -0.3 is 44.5 Å². The molecule has 2 aromatic rings. The fraction of sp³-hybridized carbons (Fsp3) is 0.471. The Balaban J connectivity index is 2.02. The molecule has 0 aromatic heterocycles. The molecule has 4 N–H and O–H groups in total. The highest BCUT2D eigenvalue weighted by Crippen LogP contribution is 2.37. The molecule has 0 unspecified atom stereocenters. The molecule has 1 aliphatic rings. The first kappa shape index (κ1) is 37.1. The van der Waals surface area contributed by atoms with Crippen molar-refractivity contribution in [2.24, 2.45) is 0 Å². The molecule has 3 rings (SSSR count). The first-order valence-electron chi connectivity index (χ1n) is 15.2. The molecular formula is C34H45IN2O9. The van der Waals surface area contributed by atoms with Crippen LogP contribution in [0.1, 0.15) is 43.2 Å². The Kier molecular flexibility index (Phi) is 15.1. The first-order valence-corrected chi connectivity index (χ1v) is 16.3. The Morgan fingerprint density at radius 2 is 1.85 bits per heavy atom. The zero-order valence-corrected chi connectivity index (χ0v) is 28.8. The maximum atomic E-state index is 13.9. The summed E-state index contributed by atoms with van der Waals surface area (Å²) < 4.78 is 23.5. The highest BCUT2D eigenvalue weighted by Gasteiger charge is 2.40. The van der Waals surface area contributed by atoms with Crippen LogP contribution in [0.5, 0.6) is 23.0 Å². The molecule has 0 fully saturated rings. The molecule has 0 aliphatic heterocycles. The normalized spacial score (nSPS) is 17.5. The fourth-order valence-corrected chi connectivity index (χ4v) is 6.19. The summed E-state index contributed by atoms with van der Waals surface area (Å²) in [6.45, 7) is 3.60. The van der Waals surface area contributed by atoms with Crippen LogP contribution in [0.2, 0.25) is 0 Å². The van der Waals surface area contributed by atoms with Crippen molar-refractivity contribution in [1.29, 1.82) is 0 Å². The third-order valence-electron chi connectivity index (χ3n) is 7.82. The molecule has 46 heavy (non-hydrogen) atoms. The summed E-state index contributed by atoms with van der Waals surface area (Å²) in [5.74, 6) is 1.38. The number of nitrogens with zero attached hydrogens (tertiary/aromatic N) is 1. The van der Waals surface area contributed by atoms with Crippen LogP contribution in [-0.4, -0.2) is 91.3 Å². The Bertz CT molecular complexity index is 1370. The van der Waals surface area contributed by atoms with Crippen molar-refractivity contribution in [3.05, 3.63) is 69.3 Å². The second kappa shape index (κ2) is 18.7. The van der Waals surface area contributed by atoms with Crippen molar-refractivity contribution >= 4 is 34.4 Å². The summed E-state index contributed by atoms with van der Waals surface area (Å²) >= 11 is 2.06. The van der Waals surface area contributed by atoms with Crippen LogP contribution in [0.15, 0.2) is 54.6 Å². The Hall–Kier alpha value is -3.33. The van der Waals surface area contributed by atoms with Gasteiger partial charge in [-0.2, -0.15) is 0 Å². The smallest absolute Gasteiger partial charge is 0.247 e. The molecule has 11 nitrogen and oxygen atoms in total. The van der Waals surface area contributed by atoms with Crippen LogP contribution in [0.3, 0.4) is 0 Å². The standard InChI is InChI=1S/C34H45IN2O9/c1-5-6-7-8-9-31(40)37(14-12-23-18-25(43-2)10-11-28(23)44-3)27-19-24(34(42)36-13-15-38)20-29(32(27)41)46-33-26(35)16-22(21-39)17-30(33)45-4/h5,10-11,16-18,20,27,29,32,38-39,41H,1,6-9,12-15,19,21H2,2-4H3,(H,36,42)/t27-,29+,32+/m1/s1. The van der Waals surface area contributed by atoms with Crippen LogP contribution >= 0.6 is 22.6 Å². The van der Waals surface area contributed by atoms with E-state index < -0.39 is 24.2 Å². The Morgan fingerprint density at radius 1 is 1.09 bits per heavy atom. The number of unbranched alkanes of at least 4 members (excludes halogenated alkanes) is 2. The van der Waals surface area contributed by atoms with Crippen molar-refractivity contribution < 1.29 is 43.9 Å². The maximum Gasteiger partial charge on any atom is 0.247 e. The van der Waals surface area contributed by atoms with Gasteiger partial charge >= 0.3 is 0 Å². The van der Waals surface area contributed by atoms with Crippen LogP contribution in [0.25, 0.3) is 0 Å². The third-order valence-corrected chi connectivity index (χ3v) is 8.62. The van der Waals surface area contributed by atoms with Gasteiger partial charge in [-0.25, -0.2) is 0 Å². The van der Waals surface area contributed by atoms with E-state index in [0.717, 1.165) is 18.4 Å². The van der Waals surface area contributed by atoms with E-state index in [1.165, 1.54) is 7.11 Å². The van der Waals surface area contributed by atoms with Crippen LogP contribution in [-0.2, 0) is 22.6 Å². The highest BCUT2D eigenvalue weighted by atomic mass is 127. The summed E-state index contributed by atoms with van der Waals surface area (Å²) in [5.41, 5.74) is 1.76. The predicted octanol–water partition coefficient (Wildman–Crippen LogP) is 3.54. The third kappa shape index (κ3) is 9.84. The molecule has 2 amide bonds. The largest absolute Gasteiger partial charge is 0.497 e. The lowest BCUT2D eigenvalue weighted by atomic mass is 9.87. The molecule has 3 atom stereocenters. The van der Waals surface area contributed by atoms with E-state index in [1.807, 2.05) is 12.1 Å². The average Bonchev–Trinajstić information content (AvgIpc) is 3.07. The molecule has 252 valence electrons. The zero-order valence-electron chi connectivity index (χ0n) is 26.7. The molecule has 0 spiro atoms. The Morgan fingerprint density at radius 3 is 2.50 bits per heavy atom. The number of benzene rings is 2. The number of aliphatic hydroxyl groups excluding tert-OH is 3. The Labute approximate surface area is 284 Å². The van der Waals surface area contributed by atoms with Crippen molar-refractivity contribution in [3.63, 3.8) is 0 Å². The van der Waals surface area contributed by atoms with E-state index in [2.05, 4.69) is 34.5 Å². The average molecular weight is 753 g/mol. The number of ether oxygens (including phenoxy) is 4. The number of rotatable bonds is 18. The second-order valence-electron chi connectivity index (χ2n) is 10.8. The summed E-state index contributed by atoms with van der Waals surface area (Å²) in [6.07, 6.45) is 4.07. The van der Waals surface area contributed by atoms with Gasteiger partial charge in [0, 0.05) is 31.5 Å². The predicted molar refractivity (Wildman–Crippen MR) is 182 cm³/mol. The molecular weight excluding hydrogens is 707 g/mol. The van der Waals surface area contributed by atoms with Crippen molar-refractivity contribution in [3.8, 4) is 23.0 Å². The van der Waals surface area contributed by atoms with E-state index in [4.69, 9.17) is 18.9 Å². The fourth-order valence-electron chi connectivity index (χ4n) is 5.40. The number of allylic oxidation sites excluding steroid dienone is 1. The molecule has 12 heteroatoms. The summed E-state index contributed by atoms with van der Waals surface area (Å²) in [7, 11) is 4.63. The van der Waals surface area contributed by atoms with Gasteiger partial charge in [-0.15, -0.1) is 6.58 Å². The summed E-state index contributed by atoms with van der Waals surface area (Å²) in [6, 6.07) is 8.02. The van der Waals surface area contributed by atoms with Crippen LogP contribution in [0.4, 0.5) is 0 Å². The number of methoxy groups -OCH3 is 3. The van der Waals surface area contributed by atoms with Gasteiger partial charge in [-0.1, -0.05) is 6.08 Å². The SMILES string of the molecule is C=CCCCCC(=O)N(CCc1cc(OC)ccc1OC)[C@@H]1CC(C(=O)NCCO)=C[C@H](Oc2c(I)cc(CO)cc2OC)[C@H]1O. The van der Waals surface area contributed by atoms with Crippen molar-refractivity contribution in [1.82, 2.24) is 10.2 Å². The summed E-state index contributed by atoms with van der Waals surface area (Å²) in [4.78, 5) is 28.7. The van der Waals surface area contributed by atoms with Crippen molar-refractivity contribution in [2.45, 2.75) is 63.4 Å². The zero-order chi connectivity index (χ0) is 33.6. The first-order chi connectivity index (χ1) is 22.2. The lowest BCUT2D eigenvalue weighted by molar-refractivity contribution is -0.138. The summed E-state index contributed by atoms with van der Waals surface area (Å²) in [5, 5.41) is 33.5. The van der Waals surface area contributed by atoms with Crippen LogP contribution in [0, 0.1) is 3.57 Å². The number of amides is 2. The molecule has 0 saturated carbocycles. The molecule has 2 aromatic carbocycles. The topological polar surface area (TPSA) is 147 Å². The number of aliphatic hydroxyl groups is 3. The quantitative estimate of drug-likeness (QED) is 0.102. The minimum absolute atomic E-state index is 0.0465. The number of hydrogen-bond acceptors (Lipinski definition) is 9. The van der Waals surface area contributed by atoms with Gasteiger partial charge in [-0.05, 0) is 95.8 Å². The molecule has 0 bridgehead atoms. The van der Waals surface area contributed by atoms with E-state index in [9.17, 15) is 24.9 Å². The van der Waals surface area contributed by atoms with Crippen molar-refractivity contribution in [2.75, 3.05) is 41.0 Å². The van der Waals surface area contributed by atoms with E-state index in [1.54, 1.807) is 49.5 Å². The number of hydrogen-bond donors (Lipinski definition) is 4. The molecule has 1 aliphatic carbocycles. The lowest BCUT2D eigenvalue weighted by Gasteiger charge is -2.41. The van der Waals surface area contributed by atoms with Gasteiger partial charge in [-0.3, -0.25) is 9.59 Å². The van der Waals surface area contributed by atoms with E-state index in [-0.39, 0.29) is 45.1 Å². The van der Waals surface area contributed by atoms with Crippen LogP contribution < -0.4 is 24.3 Å². The molecule has 0 radical (unpaired) electrons. The number of carbonyl (C=O) groups is 2. The van der Waals surface area contributed by atoms with Gasteiger partial charge in [0.15, 0.2) is 11.5 Å². The minimum atomic E-state index is -1.21. The van der Waals surface area contributed by atoms with E-state index >= 15 is 0 Å². The van der Waals surface area contributed by atoms with E-state index in [0.29, 0.717) is 50.5 Å². The molecule has 0 saturated heterocycles. The van der Waals surface area contributed by atoms with Gasteiger partial charge in [0.2, 0.25) is 11.8 Å². The lowest BCUT2D eigenvalue weighted by Crippen LogP contribution is -2.55. The second-order valence-corrected chi connectivity index (χ2v) is 12.0. The van der Waals surface area contributed by atoms with Gasteiger partial charge in [0.1, 0.15) is 23.7 Å². The highest BCUT2D eigenvalue weighted by molar-refractivity contribution is 14.1. The van der Waals surface area contributed by atoms with Gasteiger partial charge in [0.05, 0.1) is 44.2 Å². The monoisotopic (exact) mass is 752 g/mol. The molecule has 0 heterocycles. The number of halogens is 1. The van der Waals surface area contributed by atoms with Gasteiger partial charge in [0.25, 0.3) is 0 Å². The number of nitrogens with one attached hydrogen (secondary N) is 1. The maximum absolute atomic E-state index is 13.9. The number of carbonyl (C=O) groups excluding carboxylic acids is 2.